The first-order valence-electron chi connectivity index (χ1n) is 15.7. The van der Waals surface area contributed by atoms with Crippen LogP contribution in [0.3, 0.4) is 0 Å². The molecule has 2 bridgehead atoms. The first-order chi connectivity index (χ1) is 21.2. The highest BCUT2D eigenvalue weighted by molar-refractivity contribution is 14.1. The van der Waals surface area contributed by atoms with E-state index < -0.39 is 6.17 Å². The van der Waals surface area contributed by atoms with Gasteiger partial charge in [0.1, 0.15) is 11.6 Å². The number of nitrogens with one attached hydrogen (secondary N) is 1. The van der Waals surface area contributed by atoms with E-state index in [2.05, 4.69) is 37.7 Å². The standard InChI is InChI=1S/C33H40FIN6O3/c1-20(34)8-11-39(2)18-33(9-10-33)19-44-32-37-28-17-41(16-26(28)30(38-32)40-14-22-6-7-23(15-40)36-22)31(43)25-13-24(42)12-21-4-3-5-27(35)29(21)25/h3-5,12-13,20,22-23,36,42H,6-11,14-19H2,1-2H3/t20-,22?,23?/m0/s1. The van der Waals surface area contributed by atoms with Gasteiger partial charge in [0.25, 0.3) is 5.91 Å². The minimum atomic E-state index is -0.802. The van der Waals surface area contributed by atoms with Crippen LogP contribution >= 0.6 is 22.6 Å². The number of hydrogen-bond donors (Lipinski definition) is 2. The van der Waals surface area contributed by atoms with Crippen molar-refractivity contribution in [1.29, 1.82) is 0 Å². The van der Waals surface area contributed by atoms with Gasteiger partial charge in [-0.1, -0.05) is 12.1 Å². The zero-order chi connectivity index (χ0) is 30.6. The molecule has 2 aromatic carbocycles. The van der Waals surface area contributed by atoms with E-state index in [4.69, 9.17) is 14.7 Å². The van der Waals surface area contributed by atoms with Gasteiger partial charge in [-0.2, -0.15) is 9.97 Å². The molecule has 44 heavy (non-hydrogen) atoms. The maximum absolute atomic E-state index is 14.1. The average Bonchev–Trinajstić information content (AvgIpc) is 3.47. The van der Waals surface area contributed by atoms with Gasteiger partial charge in [-0.3, -0.25) is 4.79 Å². The van der Waals surface area contributed by atoms with Crippen molar-refractivity contribution in [1.82, 2.24) is 25.1 Å². The molecule has 3 aliphatic heterocycles. The van der Waals surface area contributed by atoms with Crippen LogP contribution in [-0.2, 0) is 13.1 Å². The number of hydrogen-bond acceptors (Lipinski definition) is 8. The number of anilines is 1. The van der Waals surface area contributed by atoms with Crippen molar-refractivity contribution in [2.24, 2.45) is 5.41 Å². The summed E-state index contributed by atoms with van der Waals surface area (Å²) in [5.41, 5.74) is 2.33. The Morgan fingerprint density at radius 1 is 1.23 bits per heavy atom. The predicted octanol–water partition coefficient (Wildman–Crippen LogP) is 4.88. The molecule has 1 aliphatic carbocycles. The lowest BCUT2D eigenvalue weighted by molar-refractivity contribution is 0.0752. The van der Waals surface area contributed by atoms with Gasteiger partial charge in [-0.05, 0) is 92.3 Å². The number of phenols is 1. The number of fused-ring (bicyclic) bond motifs is 4. The van der Waals surface area contributed by atoms with Crippen LogP contribution in [0.5, 0.6) is 11.8 Å². The van der Waals surface area contributed by atoms with Crippen LogP contribution in [0.25, 0.3) is 10.8 Å². The Hall–Kier alpha value is -2.77. The zero-order valence-corrected chi connectivity index (χ0v) is 27.5. The Labute approximate surface area is 271 Å². The second kappa shape index (κ2) is 11.9. The van der Waals surface area contributed by atoms with Crippen molar-refractivity contribution in [2.75, 3.05) is 44.7 Å². The lowest BCUT2D eigenvalue weighted by atomic mass is 10.0. The van der Waals surface area contributed by atoms with Gasteiger partial charge in [0.2, 0.25) is 0 Å². The van der Waals surface area contributed by atoms with E-state index in [-0.39, 0.29) is 17.1 Å². The first-order valence-corrected chi connectivity index (χ1v) is 16.8. The van der Waals surface area contributed by atoms with E-state index in [1.807, 2.05) is 30.1 Å². The second-order valence-corrected chi connectivity index (χ2v) is 14.5. The van der Waals surface area contributed by atoms with Crippen LogP contribution in [0.15, 0.2) is 30.3 Å². The summed E-state index contributed by atoms with van der Waals surface area (Å²) in [6.45, 7) is 6.20. The quantitative estimate of drug-likeness (QED) is 0.288. The van der Waals surface area contributed by atoms with Crippen molar-refractivity contribution in [2.45, 2.75) is 70.4 Å². The molecular formula is C33H40FIN6O3. The van der Waals surface area contributed by atoms with Gasteiger partial charge in [0.15, 0.2) is 0 Å². The molecule has 9 nitrogen and oxygen atoms in total. The van der Waals surface area contributed by atoms with Crippen LogP contribution in [-0.4, -0.2) is 88.9 Å². The van der Waals surface area contributed by atoms with E-state index in [1.54, 1.807) is 19.1 Å². The molecule has 4 aliphatic rings. The third-order valence-electron chi connectivity index (χ3n) is 9.66. The first kappa shape index (κ1) is 29.9. The third kappa shape index (κ3) is 6.06. The molecular weight excluding hydrogens is 674 g/mol. The zero-order valence-electron chi connectivity index (χ0n) is 25.4. The number of carbonyl (C=O) groups excluding carboxylic acids is 1. The fraction of sp³-hybridized carbons (Fsp3) is 0.545. The van der Waals surface area contributed by atoms with E-state index >= 15 is 0 Å². The molecule has 1 amide bonds. The summed E-state index contributed by atoms with van der Waals surface area (Å²) in [4.78, 5) is 30.3. The molecule has 3 aromatic rings. The number of aromatic nitrogens is 2. The van der Waals surface area contributed by atoms with Gasteiger partial charge in [-0.25, -0.2) is 4.39 Å². The molecule has 7 rings (SSSR count). The molecule has 11 heteroatoms. The minimum Gasteiger partial charge on any atom is -0.508 e. The van der Waals surface area contributed by atoms with Crippen LogP contribution < -0.4 is 15.0 Å². The summed E-state index contributed by atoms with van der Waals surface area (Å²) in [5, 5.41) is 15.9. The summed E-state index contributed by atoms with van der Waals surface area (Å²) in [6.07, 6.45) is 4.18. The Balaban J connectivity index is 1.15. The number of phenolic OH excluding ortho intramolecular Hbond substituents is 1. The number of amides is 1. The number of halogens is 2. The molecule has 0 spiro atoms. The molecule has 3 atom stereocenters. The summed E-state index contributed by atoms with van der Waals surface area (Å²) >= 11 is 2.25. The number of aromatic hydroxyl groups is 1. The number of alkyl halides is 1. The van der Waals surface area contributed by atoms with Crippen molar-refractivity contribution < 1.29 is 19.0 Å². The maximum atomic E-state index is 14.1. The van der Waals surface area contributed by atoms with Gasteiger partial charge in [0.05, 0.1) is 37.1 Å². The smallest absolute Gasteiger partial charge is 0.318 e. The maximum Gasteiger partial charge on any atom is 0.318 e. The summed E-state index contributed by atoms with van der Waals surface area (Å²) in [7, 11) is 2.05. The molecule has 1 saturated carbocycles. The summed E-state index contributed by atoms with van der Waals surface area (Å²) in [5.74, 6) is 0.809. The lowest BCUT2D eigenvalue weighted by Gasteiger charge is -2.34. The number of ether oxygens (including phenoxy) is 1. The normalized spacial score (nSPS) is 22.5. The van der Waals surface area contributed by atoms with Crippen molar-refractivity contribution in [3.63, 3.8) is 0 Å². The SMILES string of the molecule is C[C@H](F)CCN(C)CC1(COc2nc3c(c(N4CC5CCC(C4)N5)n2)CN(C(=O)c2cc(O)cc4cccc(I)c24)C3)CC1. The van der Waals surface area contributed by atoms with Crippen LogP contribution in [0.2, 0.25) is 0 Å². The number of piperazine rings is 1. The van der Waals surface area contributed by atoms with E-state index in [0.717, 1.165) is 83.3 Å². The number of nitrogens with zero attached hydrogens (tertiary/aromatic N) is 5. The number of carbonyl (C=O) groups is 1. The van der Waals surface area contributed by atoms with Gasteiger partial charge in [0, 0.05) is 58.2 Å². The van der Waals surface area contributed by atoms with Crippen LogP contribution in [0.1, 0.15) is 60.6 Å². The number of benzene rings is 2. The fourth-order valence-electron chi connectivity index (χ4n) is 7.15. The van der Waals surface area contributed by atoms with E-state index in [9.17, 15) is 14.3 Å². The second-order valence-electron chi connectivity index (χ2n) is 13.4. The van der Waals surface area contributed by atoms with Gasteiger partial charge in [-0.15, -0.1) is 0 Å². The highest BCUT2D eigenvalue weighted by Crippen LogP contribution is 2.46. The monoisotopic (exact) mass is 714 g/mol. The summed E-state index contributed by atoms with van der Waals surface area (Å²) < 4.78 is 20.7. The average molecular weight is 715 g/mol. The van der Waals surface area contributed by atoms with E-state index in [1.165, 1.54) is 0 Å². The molecule has 3 fully saturated rings. The number of rotatable bonds is 10. The lowest BCUT2D eigenvalue weighted by Crippen LogP contribution is -2.51. The molecule has 234 valence electrons. The summed E-state index contributed by atoms with van der Waals surface area (Å²) in [6, 6.07) is 10.3. The molecule has 2 saturated heterocycles. The Kier molecular flexibility index (Phi) is 8.07. The topological polar surface area (TPSA) is 94.1 Å². The Morgan fingerprint density at radius 2 is 2.00 bits per heavy atom. The van der Waals surface area contributed by atoms with Gasteiger partial charge < -0.3 is 29.9 Å². The highest BCUT2D eigenvalue weighted by Gasteiger charge is 2.45. The van der Waals surface area contributed by atoms with E-state index in [0.29, 0.717) is 49.8 Å². The molecule has 2 N–H and O–H groups in total. The van der Waals surface area contributed by atoms with Crippen molar-refractivity contribution in [3.8, 4) is 11.8 Å². The molecule has 2 unspecified atom stereocenters. The van der Waals surface area contributed by atoms with Crippen molar-refractivity contribution in [3.05, 3.63) is 50.7 Å². The molecule has 4 heterocycles. The third-order valence-corrected chi connectivity index (χ3v) is 10.6. The largest absolute Gasteiger partial charge is 0.508 e. The Morgan fingerprint density at radius 3 is 2.73 bits per heavy atom. The molecule has 1 aromatic heterocycles. The van der Waals surface area contributed by atoms with Crippen LogP contribution in [0, 0.1) is 8.99 Å². The van der Waals surface area contributed by atoms with Crippen molar-refractivity contribution >= 4 is 45.1 Å². The Bertz CT molecular complexity index is 1570. The van der Waals surface area contributed by atoms with Gasteiger partial charge >= 0.3 is 6.01 Å². The molecule has 0 radical (unpaired) electrons. The van der Waals surface area contributed by atoms with Crippen LogP contribution in [0.4, 0.5) is 10.2 Å². The highest BCUT2D eigenvalue weighted by atomic mass is 127. The fourth-order valence-corrected chi connectivity index (χ4v) is 7.96. The predicted molar refractivity (Wildman–Crippen MR) is 176 cm³/mol. The minimum absolute atomic E-state index is 0.0422.